The van der Waals surface area contributed by atoms with Gasteiger partial charge in [-0.3, -0.25) is 4.79 Å². The van der Waals surface area contributed by atoms with E-state index in [1.807, 2.05) is 20.8 Å². The first-order valence-electron chi connectivity index (χ1n) is 7.14. The number of nitrogen functional groups attached to an aromatic ring is 1. The molecule has 0 fully saturated rings. The third kappa shape index (κ3) is 5.13. The van der Waals surface area contributed by atoms with Crippen molar-refractivity contribution in [3.05, 3.63) is 17.9 Å². The van der Waals surface area contributed by atoms with Crippen LogP contribution in [-0.2, 0) is 4.79 Å². The summed E-state index contributed by atoms with van der Waals surface area (Å²) in [5.74, 6) is -0.846. The van der Waals surface area contributed by atoms with E-state index < -0.39 is 11.7 Å². The quantitative estimate of drug-likeness (QED) is 0.721. The molecule has 0 spiro atoms. The van der Waals surface area contributed by atoms with Crippen molar-refractivity contribution in [2.75, 3.05) is 23.7 Å². The van der Waals surface area contributed by atoms with Gasteiger partial charge in [0.2, 0.25) is 5.91 Å². The second-order valence-electron chi connectivity index (χ2n) is 5.25. The first kappa shape index (κ1) is 17.1. The Bertz CT molecular complexity index is 492. The van der Waals surface area contributed by atoms with Crippen LogP contribution in [0.5, 0.6) is 5.75 Å². The maximum Gasteiger partial charge on any atom is 0.236 e. The van der Waals surface area contributed by atoms with Crippen LogP contribution in [0.2, 0.25) is 0 Å². The summed E-state index contributed by atoms with van der Waals surface area (Å²) in [6, 6.07) is 2.75. The summed E-state index contributed by atoms with van der Waals surface area (Å²) in [6.45, 7) is 6.33. The van der Waals surface area contributed by atoms with E-state index in [9.17, 15) is 9.18 Å². The van der Waals surface area contributed by atoms with Gasteiger partial charge in [-0.05, 0) is 20.3 Å². The molecule has 0 atom stereocenters. The Morgan fingerprint density at radius 3 is 2.62 bits per heavy atom. The van der Waals surface area contributed by atoms with Gasteiger partial charge in [-0.25, -0.2) is 4.39 Å². The number of rotatable bonds is 8. The molecule has 1 aromatic carbocycles. The minimum absolute atomic E-state index is 0.0386. The van der Waals surface area contributed by atoms with E-state index in [1.165, 1.54) is 12.1 Å². The molecule has 0 aliphatic heterocycles. The molecule has 0 aliphatic carbocycles. The summed E-state index contributed by atoms with van der Waals surface area (Å²) in [4.78, 5) is 13.0. The van der Waals surface area contributed by atoms with Crippen LogP contribution in [0.25, 0.3) is 0 Å². The van der Waals surface area contributed by atoms with Gasteiger partial charge < -0.3 is 21.1 Å². The summed E-state index contributed by atoms with van der Waals surface area (Å²) in [5, 5.41) is 0. The molecule has 0 aliphatic rings. The monoisotopic (exact) mass is 297 g/mol. The van der Waals surface area contributed by atoms with Crippen molar-refractivity contribution in [1.82, 2.24) is 0 Å². The average Bonchev–Trinajstić information content (AvgIpc) is 2.37. The van der Waals surface area contributed by atoms with Crippen LogP contribution in [-0.4, -0.2) is 25.1 Å². The lowest BCUT2D eigenvalue weighted by Gasteiger charge is -2.25. The minimum atomic E-state index is -0.514. The van der Waals surface area contributed by atoms with Gasteiger partial charge in [0.25, 0.3) is 0 Å². The zero-order chi connectivity index (χ0) is 16.0. The van der Waals surface area contributed by atoms with Gasteiger partial charge in [0, 0.05) is 18.7 Å². The van der Waals surface area contributed by atoms with E-state index in [4.69, 9.17) is 16.2 Å². The first-order valence-corrected chi connectivity index (χ1v) is 7.14. The molecule has 0 heterocycles. The number of hydrogen-bond donors (Lipinski definition) is 2. The summed E-state index contributed by atoms with van der Waals surface area (Å²) < 4.78 is 19.3. The zero-order valence-electron chi connectivity index (χ0n) is 12.9. The van der Waals surface area contributed by atoms with Crippen molar-refractivity contribution >= 4 is 17.3 Å². The molecule has 4 N–H and O–H groups in total. The van der Waals surface area contributed by atoms with Crippen LogP contribution in [0.4, 0.5) is 15.8 Å². The van der Waals surface area contributed by atoms with Crippen molar-refractivity contribution in [2.45, 2.75) is 39.7 Å². The number of carbonyl (C=O) groups excluding carboxylic acids is 1. The molecule has 0 radical (unpaired) electrons. The summed E-state index contributed by atoms with van der Waals surface area (Å²) in [5.41, 5.74) is 12.0. The number of hydrogen-bond acceptors (Lipinski definition) is 4. The number of amides is 1. The zero-order valence-corrected chi connectivity index (χ0v) is 12.9. The van der Waals surface area contributed by atoms with Crippen molar-refractivity contribution < 1.29 is 13.9 Å². The van der Waals surface area contributed by atoms with Gasteiger partial charge >= 0.3 is 0 Å². The third-order valence-electron chi connectivity index (χ3n) is 2.91. The SMILES string of the molecule is CCCCN(CC(N)=O)c1cc(OC(C)C)c(F)cc1N. The highest BCUT2D eigenvalue weighted by atomic mass is 19.1. The van der Waals surface area contributed by atoms with E-state index in [2.05, 4.69) is 0 Å². The minimum Gasteiger partial charge on any atom is -0.488 e. The second-order valence-corrected chi connectivity index (χ2v) is 5.25. The van der Waals surface area contributed by atoms with Crippen molar-refractivity contribution in [2.24, 2.45) is 5.73 Å². The predicted octanol–water partition coefficient (Wildman–Crippen LogP) is 2.29. The average molecular weight is 297 g/mol. The molecule has 21 heavy (non-hydrogen) atoms. The fourth-order valence-corrected chi connectivity index (χ4v) is 2.00. The largest absolute Gasteiger partial charge is 0.488 e. The van der Waals surface area contributed by atoms with Gasteiger partial charge in [0.05, 0.1) is 24.0 Å². The number of halogens is 1. The first-order chi connectivity index (χ1) is 9.85. The van der Waals surface area contributed by atoms with Crippen LogP contribution < -0.4 is 21.1 Å². The molecular weight excluding hydrogens is 273 g/mol. The van der Waals surface area contributed by atoms with Crippen molar-refractivity contribution in [1.29, 1.82) is 0 Å². The maximum atomic E-state index is 13.9. The highest BCUT2D eigenvalue weighted by Gasteiger charge is 2.17. The molecule has 0 saturated carbocycles. The molecule has 6 heteroatoms. The Morgan fingerprint density at radius 2 is 2.10 bits per heavy atom. The van der Waals surface area contributed by atoms with Crippen molar-refractivity contribution in [3.63, 3.8) is 0 Å². The molecule has 0 aromatic heterocycles. The lowest BCUT2D eigenvalue weighted by molar-refractivity contribution is -0.116. The lowest BCUT2D eigenvalue weighted by atomic mass is 10.2. The summed E-state index contributed by atoms with van der Waals surface area (Å²) >= 11 is 0. The number of nitrogens with zero attached hydrogens (tertiary/aromatic N) is 1. The van der Waals surface area contributed by atoms with Crippen LogP contribution in [0.1, 0.15) is 33.6 Å². The number of nitrogens with two attached hydrogens (primary N) is 2. The van der Waals surface area contributed by atoms with Gasteiger partial charge in [-0.2, -0.15) is 0 Å². The molecule has 0 bridgehead atoms. The number of anilines is 2. The van der Waals surface area contributed by atoms with Crippen LogP contribution in [0, 0.1) is 5.82 Å². The Morgan fingerprint density at radius 1 is 1.43 bits per heavy atom. The lowest BCUT2D eigenvalue weighted by Crippen LogP contribution is -2.35. The molecule has 1 rings (SSSR count). The smallest absolute Gasteiger partial charge is 0.236 e. The topological polar surface area (TPSA) is 81.6 Å². The molecule has 5 nitrogen and oxygen atoms in total. The summed E-state index contributed by atoms with van der Waals surface area (Å²) in [7, 11) is 0. The standard InChI is InChI=1S/C15H24FN3O2/c1-4-5-6-19(9-15(18)20)13-8-14(21-10(2)3)11(16)7-12(13)17/h7-8,10H,4-6,9,17H2,1-3H3,(H2,18,20). The van der Waals surface area contributed by atoms with Gasteiger partial charge in [0.15, 0.2) is 11.6 Å². The van der Waals surface area contributed by atoms with E-state index in [1.54, 1.807) is 4.90 Å². The number of carbonyl (C=O) groups is 1. The Balaban J connectivity index is 3.12. The van der Waals surface area contributed by atoms with Crippen LogP contribution >= 0.6 is 0 Å². The Kier molecular flexibility index (Phi) is 6.27. The number of ether oxygens (including phenoxy) is 1. The Hall–Kier alpha value is -1.98. The number of primary amides is 1. The second kappa shape index (κ2) is 7.71. The fourth-order valence-electron chi connectivity index (χ4n) is 2.00. The van der Waals surface area contributed by atoms with Crippen molar-refractivity contribution in [3.8, 4) is 5.75 Å². The van der Waals surface area contributed by atoms with E-state index in [-0.39, 0.29) is 24.1 Å². The molecule has 118 valence electrons. The van der Waals surface area contributed by atoms with Crippen LogP contribution in [0.15, 0.2) is 12.1 Å². The highest BCUT2D eigenvalue weighted by molar-refractivity contribution is 5.82. The molecule has 0 unspecified atom stereocenters. The molecular formula is C15H24FN3O2. The van der Waals surface area contributed by atoms with E-state index >= 15 is 0 Å². The summed E-state index contributed by atoms with van der Waals surface area (Å²) in [6.07, 6.45) is 1.69. The predicted molar refractivity (Wildman–Crippen MR) is 82.9 cm³/mol. The highest BCUT2D eigenvalue weighted by Crippen LogP contribution is 2.31. The number of unbranched alkanes of at least 4 members (excludes halogenated alkanes) is 1. The number of benzene rings is 1. The van der Waals surface area contributed by atoms with Gasteiger partial charge in [0.1, 0.15) is 0 Å². The van der Waals surface area contributed by atoms with Gasteiger partial charge in [-0.15, -0.1) is 0 Å². The third-order valence-corrected chi connectivity index (χ3v) is 2.91. The van der Waals surface area contributed by atoms with Gasteiger partial charge in [-0.1, -0.05) is 13.3 Å². The van der Waals surface area contributed by atoms with E-state index in [0.717, 1.165) is 12.8 Å². The van der Waals surface area contributed by atoms with E-state index in [0.29, 0.717) is 12.2 Å². The van der Waals surface area contributed by atoms with Crippen LogP contribution in [0.3, 0.4) is 0 Å². The fraction of sp³-hybridized carbons (Fsp3) is 0.533. The molecule has 1 amide bonds. The molecule has 0 saturated heterocycles. The molecule has 1 aromatic rings. The normalized spacial score (nSPS) is 10.7. The Labute approximate surface area is 125 Å². The maximum absolute atomic E-state index is 13.9.